The molecule has 10 heavy (non-hydrogen) atoms. The Morgan fingerprint density at radius 2 is 2.20 bits per heavy atom. The Hall–Kier alpha value is -0.0800. The molecule has 1 N–H and O–H groups in total. The van der Waals surface area contributed by atoms with E-state index in [0.717, 1.165) is 6.61 Å². The average Bonchev–Trinajstić information content (AvgIpc) is 1.88. The Labute approximate surface area is 63.0 Å². The third-order valence-corrected chi connectivity index (χ3v) is 1.70. The van der Waals surface area contributed by atoms with Crippen LogP contribution in [0.25, 0.3) is 0 Å². The summed E-state index contributed by atoms with van der Waals surface area (Å²) in [4.78, 5) is 0. The first kappa shape index (κ1) is 8.02. The molecule has 1 fully saturated rings. The van der Waals surface area contributed by atoms with Crippen molar-refractivity contribution < 1.29 is 4.74 Å². The first-order chi connectivity index (χ1) is 4.79. The minimum absolute atomic E-state index is 0.328. The minimum atomic E-state index is 0.328. The van der Waals surface area contributed by atoms with Crippen LogP contribution in [0.4, 0.5) is 0 Å². The van der Waals surface area contributed by atoms with Crippen molar-refractivity contribution in [2.45, 2.75) is 45.4 Å². The zero-order chi connectivity index (χ0) is 7.40. The molecular weight excluding hydrogens is 126 g/mol. The second kappa shape index (κ2) is 3.94. The zero-order valence-electron chi connectivity index (χ0n) is 6.89. The summed E-state index contributed by atoms with van der Waals surface area (Å²) in [7, 11) is 0. The van der Waals surface area contributed by atoms with Crippen LogP contribution in [-0.4, -0.2) is 18.9 Å². The van der Waals surface area contributed by atoms with Gasteiger partial charge in [0.15, 0.2) is 0 Å². The molecular formula is C8H17NO. The van der Waals surface area contributed by atoms with Crippen LogP contribution in [-0.2, 0) is 4.74 Å². The fourth-order valence-corrected chi connectivity index (χ4v) is 1.24. The standard InChI is InChI=1S/C8H17NO/c1-7(2)9-8-5-3-4-6-10-8/h7-9H,3-6H2,1-2H3. The van der Waals surface area contributed by atoms with E-state index < -0.39 is 0 Å². The molecule has 1 heterocycles. The Bertz CT molecular complexity index is 87.3. The van der Waals surface area contributed by atoms with Crippen molar-refractivity contribution in [1.82, 2.24) is 5.32 Å². The molecule has 1 atom stereocenters. The molecule has 0 aromatic carbocycles. The van der Waals surface area contributed by atoms with Gasteiger partial charge in [0.2, 0.25) is 0 Å². The number of rotatable bonds is 2. The Kier molecular flexibility index (Phi) is 3.16. The molecule has 0 spiro atoms. The van der Waals surface area contributed by atoms with E-state index in [1.165, 1.54) is 19.3 Å². The van der Waals surface area contributed by atoms with Crippen LogP contribution < -0.4 is 5.32 Å². The van der Waals surface area contributed by atoms with Crippen molar-refractivity contribution >= 4 is 0 Å². The SMILES string of the molecule is CC(C)NC1CCCCO1. The van der Waals surface area contributed by atoms with Crippen LogP contribution in [0.3, 0.4) is 0 Å². The molecule has 0 aromatic rings. The first-order valence-corrected chi connectivity index (χ1v) is 4.16. The van der Waals surface area contributed by atoms with Gasteiger partial charge in [0.25, 0.3) is 0 Å². The van der Waals surface area contributed by atoms with Crippen LogP contribution in [0.2, 0.25) is 0 Å². The highest BCUT2D eigenvalue weighted by Gasteiger charge is 2.13. The van der Waals surface area contributed by atoms with Crippen molar-refractivity contribution in [3.8, 4) is 0 Å². The number of ether oxygens (including phenoxy) is 1. The van der Waals surface area contributed by atoms with Crippen molar-refractivity contribution in [1.29, 1.82) is 0 Å². The summed E-state index contributed by atoms with van der Waals surface area (Å²) in [5.41, 5.74) is 0. The zero-order valence-corrected chi connectivity index (χ0v) is 6.89. The topological polar surface area (TPSA) is 21.3 Å². The summed E-state index contributed by atoms with van der Waals surface area (Å²) >= 11 is 0. The van der Waals surface area contributed by atoms with Crippen LogP contribution >= 0.6 is 0 Å². The van der Waals surface area contributed by atoms with Crippen molar-refractivity contribution in [3.63, 3.8) is 0 Å². The molecule has 0 radical (unpaired) electrons. The lowest BCUT2D eigenvalue weighted by atomic mass is 10.2. The van der Waals surface area contributed by atoms with Crippen LogP contribution in [0, 0.1) is 0 Å². The molecule has 1 aliphatic heterocycles. The predicted molar refractivity (Wildman–Crippen MR) is 41.9 cm³/mol. The van der Waals surface area contributed by atoms with Crippen LogP contribution in [0.15, 0.2) is 0 Å². The molecule has 1 unspecified atom stereocenters. The highest BCUT2D eigenvalue weighted by molar-refractivity contribution is 4.63. The minimum Gasteiger partial charge on any atom is -0.363 e. The van der Waals surface area contributed by atoms with Gasteiger partial charge >= 0.3 is 0 Å². The van der Waals surface area contributed by atoms with Gasteiger partial charge in [-0.2, -0.15) is 0 Å². The summed E-state index contributed by atoms with van der Waals surface area (Å²) < 4.78 is 5.48. The van der Waals surface area contributed by atoms with Gasteiger partial charge in [-0.25, -0.2) is 0 Å². The molecule has 1 rings (SSSR count). The molecule has 2 heteroatoms. The van der Waals surface area contributed by atoms with Gasteiger partial charge in [0, 0.05) is 12.6 Å². The summed E-state index contributed by atoms with van der Waals surface area (Å²) in [6.45, 7) is 5.24. The van der Waals surface area contributed by atoms with E-state index in [1.807, 2.05) is 0 Å². The third kappa shape index (κ3) is 2.67. The van der Waals surface area contributed by atoms with E-state index in [9.17, 15) is 0 Å². The van der Waals surface area contributed by atoms with E-state index in [-0.39, 0.29) is 0 Å². The van der Waals surface area contributed by atoms with Gasteiger partial charge < -0.3 is 4.74 Å². The summed E-state index contributed by atoms with van der Waals surface area (Å²) in [6.07, 6.45) is 4.05. The maximum Gasteiger partial charge on any atom is 0.108 e. The lowest BCUT2D eigenvalue weighted by Crippen LogP contribution is -2.38. The monoisotopic (exact) mass is 143 g/mol. The van der Waals surface area contributed by atoms with Crippen molar-refractivity contribution in [2.75, 3.05) is 6.61 Å². The van der Waals surface area contributed by atoms with Crippen LogP contribution in [0.5, 0.6) is 0 Å². The highest BCUT2D eigenvalue weighted by Crippen LogP contribution is 2.10. The van der Waals surface area contributed by atoms with Gasteiger partial charge in [-0.15, -0.1) is 0 Å². The Balaban J connectivity index is 2.13. The van der Waals surface area contributed by atoms with Crippen LogP contribution in [0.1, 0.15) is 33.1 Å². The smallest absolute Gasteiger partial charge is 0.108 e. The van der Waals surface area contributed by atoms with E-state index in [1.54, 1.807) is 0 Å². The summed E-state index contributed by atoms with van der Waals surface area (Å²) in [5, 5.41) is 3.36. The normalized spacial score (nSPS) is 27.3. The van der Waals surface area contributed by atoms with E-state index in [2.05, 4.69) is 19.2 Å². The second-order valence-corrected chi connectivity index (χ2v) is 3.18. The Morgan fingerprint density at radius 1 is 1.40 bits per heavy atom. The molecule has 0 bridgehead atoms. The van der Waals surface area contributed by atoms with Gasteiger partial charge in [-0.1, -0.05) is 0 Å². The van der Waals surface area contributed by atoms with Crippen molar-refractivity contribution in [3.05, 3.63) is 0 Å². The second-order valence-electron chi connectivity index (χ2n) is 3.18. The predicted octanol–water partition coefficient (Wildman–Crippen LogP) is 1.51. The van der Waals surface area contributed by atoms with Gasteiger partial charge in [-0.3, -0.25) is 5.32 Å². The van der Waals surface area contributed by atoms with Gasteiger partial charge in [0.05, 0.1) is 0 Å². The number of hydrogen-bond acceptors (Lipinski definition) is 2. The number of nitrogens with one attached hydrogen (secondary N) is 1. The molecule has 1 saturated heterocycles. The molecule has 2 nitrogen and oxygen atoms in total. The first-order valence-electron chi connectivity index (χ1n) is 4.16. The van der Waals surface area contributed by atoms with Gasteiger partial charge in [0.1, 0.15) is 6.23 Å². The summed E-state index contributed by atoms with van der Waals surface area (Å²) in [5.74, 6) is 0. The highest BCUT2D eigenvalue weighted by atomic mass is 16.5. The fraction of sp³-hybridized carbons (Fsp3) is 1.00. The lowest BCUT2D eigenvalue weighted by molar-refractivity contribution is -0.00991. The van der Waals surface area contributed by atoms with E-state index >= 15 is 0 Å². The fourth-order valence-electron chi connectivity index (χ4n) is 1.24. The average molecular weight is 143 g/mol. The van der Waals surface area contributed by atoms with Crippen molar-refractivity contribution in [2.24, 2.45) is 0 Å². The maximum absolute atomic E-state index is 5.48. The number of hydrogen-bond donors (Lipinski definition) is 1. The molecule has 0 aromatic heterocycles. The van der Waals surface area contributed by atoms with E-state index in [4.69, 9.17) is 4.74 Å². The molecule has 1 aliphatic rings. The molecule has 60 valence electrons. The third-order valence-electron chi connectivity index (χ3n) is 1.70. The van der Waals surface area contributed by atoms with Gasteiger partial charge in [-0.05, 0) is 33.1 Å². The lowest BCUT2D eigenvalue weighted by Gasteiger charge is -2.25. The molecule has 0 amide bonds. The van der Waals surface area contributed by atoms with E-state index in [0.29, 0.717) is 12.3 Å². The quantitative estimate of drug-likeness (QED) is 0.632. The Morgan fingerprint density at radius 3 is 2.70 bits per heavy atom. The maximum atomic E-state index is 5.48. The molecule has 0 saturated carbocycles. The molecule has 0 aliphatic carbocycles. The summed E-state index contributed by atoms with van der Waals surface area (Å²) in [6, 6.07) is 0.545. The largest absolute Gasteiger partial charge is 0.363 e.